The van der Waals surface area contributed by atoms with E-state index in [1.54, 1.807) is 18.2 Å². The summed E-state index contributed by atoms with van der Waals surface area (Å²) < 4.78 is 40.3. The number of nitriles is 1. The smallest absolute Gasteiger partial charge is 0.351 e. The van der Waals surface area contributed by atoms with Gasteiger partial charge in [0.15, 0.2) is 4.90 Å². The summed E-state index contributed by atoms with van der Waals surface area (Å²) in [6, 6.07) is 14.8. The normalized spacial score (nSPS) is 16.3. The van der Waals surface area contributed by atoms with Crippen LogP contribution in [0.3, 0.4) is 0 Å². The molecule has 0 saturated carbocycles. The van der Waals surface area contributed by atoms with Crippen LogP contribution in [0.5, 0.6) is 0 Å². The van der Waals surface area contributed by atoms with E-state index in [1.165, 1.54) is 18.3 Å². The highest BCUT2D eigenvalue weighted by atomic mass is 35.5. The number of thiol groups is 1. The predicted molar refractivity (Wildman–Crippen MR) is 138 cm³/mol. The minimum atomic E-state index is -4.43. The molecule has 1 unspecified atom stereocenters. The third-order valence-corrected chi connectivity index (χ3v) is 7.82. The van der Waals surface area contributed by atoms with Crippen LogP contribution in [0, 0.1) is 11.3 Å². The highest BCUT2D eigenvalue weighted by Crippen LogP contribution is 2.34. The first-order valence-electron chi connectivity index (χ1n) is 11.6. The van der Waals surface area contributed by atoms with Gasteiger partial charge in [0, 0.05) is 42.5 Å². The van der Waals surface area contributed by atoms with E-state index in [-0.39, 0.29) is 33.4 Å². The largest absolute Gasteiger partial charge is 0.421 e. The fourth-order valence-electron chi connectivity index (χ4n) is 4.14. The van der Waals surface area contributed by atoms with Crippen molar-refractivity contribution in [2.45, 2.75) is 35.6 Å². The average molecular weight is 547 g/mol. The van der Waals surface area contributed by atoms with Crippen LogP contribution < -0.4 is 10.2 Å². The molecule has 1 fully saturated rings. The van der Waals surface area contributed by atoms with Gasteiger partial charge in [0.2, 0.25) is 5.82 Å². The molecule has 0 bridgehead atoms. The third-order valence-electron chi connectivity index (χ3n) is 6.12. The van der Waals surface area contributed by atoms with Crippen LogP contribution >= 0.6 is 11.6 Å². The van der Waals surface area contributed by atoms with E-state index >= 15 is 0 Å². The fraction of sp³-hybridized carbons (Fsp3) is 0.308. The zero-order valence-electron chi connectivity index (χ0n) is 19.8. The molecular weight excluding hydrogens is 523 g/mol. The second-order valence-corrected chi connectivity index (χ2v) is 10.6. The van der Waals surface area contributed by atoms with Gasteiger partial charge in [-0.05, 0) is 35.7 Å². The van der Waals surface area contributed by atoms with Gasteiger partial charge in [-0.25, -0.2) is 9.97 Å². The van der Waals surface area contributed by atoms with E-state index in [9.17, 15) is 23.2 Å². The first-order chi connectivity index (χ1) is 17.7. The van der Waals surface area contributed by atoms with Crippen molar-refractivity contribution in [3.05, 3.63) is 82.3 Å². The van der Waals surface area contributed by atoms with Crippen molar-refractivity contribution in [2.75, 3.05) is 24.5 Å². The summed E-state index contributed by atoms with van der Waals surface area (Å²) in [5, 5.41) is 12.7. The van der Waals surface area contributed by atoms with Crippen molar-refractivity contribution >= 4 is 35.1 Å². The minimum Gasteiger partial charge on any atom is -0.351 e. The number of hydrogen-bond acceptors (Lipinski definition) is 5. The Morgan fingerprint density at radius 1 is 1.27 bits per heavy atom. The highest BCUT2D eigenvalue weighted by Gasteiger charge is 2.39. The Balaban J connectivity index is 1.48. The average Bonchev–Trinajstić information content (AvgIpc) is 3.35. The second-order valence-electron chi connectivity index (χ2n) is 8.74. The minimum absolute atomic E-state index is 0.0210. The van der Waals surface area contributed by atoms with Gasteiger partial charge in [-0.15, -0.1) is 0 Å². The van der Waals surface area contributed by atoms with Crippen LogP contribution in [0.4, 0.5) is 19.0 Å². The Labute approximate surface area is 221 Å². The molecule has 1 amide bonds. The number of alkyl halides is 3. The van der Waals surface area contributed by atoms with E-state index in [2.05, 4.69) is 15.3 Å². The van der Waals surface area contributed by atoms with Gasteiger partial charge in [-0.3, -0.25) is 4.79 Å². The molecule has 3 aromatic rings. The zero-order valence-corrected chi connectivity index (χ0v) is 21.5. The Morgan fingerprint density at radius 2 is 2.00 bits per heavy atom. The molecule has 1 N–H and O–H groups in total. The maximum Gasteiger partial charge on any atom is 0.421 e. The molecule has 2 aromatic carbocycles. The first kappa shape index (κ1) is 26.8. The predicted octanol–water partition coefficient (Wildman–Crippen LogP) is 5.01. The van der Waals surface area contributed by atoms with Gasteiger partial charge < -0.3 is 10.2 Å². The highest BCUT2D eigenvalue weighted by molar-refractivity contribution is 7.79. The quantitative estimate of drug-likeness (QED) is 0.333. The first-order valence-corrected chi connectivity index (χ1v) is 12.9. The maximum atomic E-state index is 13.4. The van der Waals surface area contributed by atoms with Crippen LogP contribution in [-0.2, 0) is 17.9 Å². The lowest BCUT2D eigenvalue weighted by molar-refractivity contribution is -0.139. The Morgan fingerprint density at radius 3 is 2.70 bits per heavy atom. The molecule has 37 heavy (non-hydrogen) atoms. The van der Waals surface area contributed by atoms with Crippen LogP contribution in [0.2, 0.25) is 5.02 Å². The van der Waals surface area contributed by atoms with Crippen molar-refractivity contribution in [2.24, 2.45) is 0 Å². The lowest BCUT2D eigenvalue weighted by atomic mass is 10.0. The van der Waals surface area contributed by atoms with Gasteiger partial charge in [-0.1, -0.05) is 42.8 Å². The zero-order chi connectivity index (χ0) is 26.6. The Bertz CT molecular complexity index is 1310. The number of aromatic nitrogens is 2. The number of carbonyl (C=O) groups is 1. The Kier molecular flexibility index (Phi) is 8.25. The fourth-order valence-corrected chi connectivity index (χ4v) is 5.70. The molecule has 1 saturated heterocycles. The molecule has 4 rings (SSSR count). The van der Waals surface area contributed by atoms with Crippen LogP contribution in [0.15, 0.2) is 59.6 Å². The van der Waals surface area contributed by atoms with E-state index in [0.717, 1.165) is 11.6 Å². The molecule has 1 aromatic heterocycles. The third kappa shape index (κ3) is 6.53. The van der Waals surface area contributed by atoms with Gasteiger partial charge in [0.1, 0.15) is 28.3 Å². The van der Waals surface area contributed by atoms with Crippen LogP contribution in [0.25, 0.3) is 0 Å². The van der Waals surface area contributed by atoms with E-state index in [4.69, 9.17) is 11.6 Å². The number of nitrogens with zero attached hydrogens (tertiary/aromatic N) is 4. The summed E-state index contributed by atoms with van der Waals surface area (Å²) in [6.07, 6.45) is -2.48. The van der Waals surface area contributed by atoms with E-state index < -0.39 is 11.7 Å². The van der Waals surface area contributed by atoms with Crippen molar-refractivity contribution in [3.8, 4) is 6.07 Å². The van der Waals surface area contributed by atoms with Crippen LogP contribution in [0.1, 0.15) is 46.6 Å². The molecule has 2 heterocycles. The molecule has 192 valence electrons. The Hall–Kier alpha value is -3.29. The van der Waals surface area contributed by atoms with Crippen LogP contribution in [-0.4, -0.2) is 40.8 Å². The molecule has 0 radical (unpaired) electrons. The second kappa shape index (κ2) is 11.4. The summed E-state index contributed by atoms with van der Waals surface area (Å²) in [7, 11) is 0. The molecule has 6 nitrogen and oxygen atoms in total. The summed E-state index contributed by atoms with van der Waals surface area (Å²) >= 11 is 6.50. The summed E-state index contributed by atoms with van der Waals surface area (Å²) in [4.78, 5) is 23.4. The number of hydrogen-bond donors (Lipinski definition) is 1. The standard InChI is InChI=1S/C26H23ClF3N5OS/c1-16(17-6-8-18(27)9-7-17)13-33-25(36)20-14-32-23(12-31)34-24(20)35-11-10-19(15-35)37-22-5-3-2-4-21(22)26(28,29)30/h2-9,14,16,19H,10-11,13,15H2,1H3,(H,33,36)/p+1/t16?,19-/m0/s1. The molecule has 11 heteroatoms. The van der Waals surface area contributed by atoms with Gasteiger partial charge in [0.25, 0.3) is 5.91 Å². The van der Waals surface area contributed by atoms with Crippen molar-refractivity contribution < 1.29 is 18.0 Å². The lowest BCUT2D eigenvalue weighted by Gasteiger charge is -2.20. The number of carbonyl (C=O) groups excluding carboxylic acids is 1. The van der Waals surface area contributed by atoms with Gasteiger partial charge in [0.05, 0.1) is 6.54 Å². The molecule has 0 aliphatic carbocycles. The number of halogens is 4. The topological polar surface area (TPSA) is 81.9 Å². The maximum absolute atomic E-state index is 13.4. The number of anilines is 1. The number of benzene rings is 2. The summed E-state index contributed by atoms with van der Waals surface area (Å²) in [5.74, 6) is -0.133. The van der Waals surface area contributed by atoms with E-state index in [1.807, 2.05) is 30.0 Å². The number of amides is 1. The van der Waals surface area contributed by atoms with Gasteiger partial charge >= 0.3 is 6.18 Å². The number of rotatable bonds is 7. The lowest BCUT2D eigenvalue weighted by Crippen LogP contribution is -2.31. The monoisotopic (exact) mass is 546 g/mol. The summed E-state index contributed by atoms with van der Waals surface area (Å²) in [5.41, 5.74) is 0.593. The van der Waals surface area contributed by atoms with Gasteiger partial charge in [-0.2, -0.15) is 18.4 Å². The van der Waals surface area contributed by atoms with Crippen molar-refractivity contribution in [1.29, 1.82) is 5.26 Å². The number of nitrogens with one attached hydrogen (secondary N) is 1. The molecule has 2 atom stereocenters. The van der Waals surface area contributed by atoms with Crippen molar-refractivity contribution in [1.82, 2.24) is 15.3 Å². The van der Waals surface area contributed by atoms with Crippen molar-refractivity contribution in [3.63, 3.8) is 0 Å². The SMILES string of the molecule is CC(CNC(=O)c1cnc(C#N)nc1N1CC[C@H]([SH+]c2ccccc2C(F)(F)F)C1)c1ccc(Cl)cc1. The molecular formula is C26H24ClF3N5OS+. The summed E-state index contributed by atoms with van der Waals surface area (Å²) in [6.45, 7) is 3.23. The molecule has 0 spiro atoms. The molecule has 1 aliphatic heterocycles. The van der Waals surface area contributed by atoms with E-state index in [0.29, 0.717) is 48.7 Å². The molecule has 1 aliphatic rings.